The fraction of sp³-hybridized carbons (Fsp3) is 0.450. The zero-order valence-corrected chi connectivity index (χ0v) is 16.6. The van der Waals surface area contributed by atoms with Gasteiger partial charge in [0.2, 0.25) is 5.90 Å². The summed E-state index contributed by atoms with van der Waals surface area (Å²) in [6, 6.07) is 7.20. The number of esters is 1. The maximum atomic E-state index is 12.1. The molecule has 0 aliphatic carbocycles. The molecule has 152 valence electrons. The van der Waals surface area contributed by atoms with Gasteiger partial charge in [-0.05, 0) is 31.0 Å². The third kappa shape index (κ3) is 6.29. The molecule has 0 atom stereocenters. The lowest BCUT2D eigenvalue weighted by Gasteiger charge is -2.14. The van der Waals surface area contributed by atoms with Crippen LogP contribution in [0.1, 0.15) is 31.2 Å². The number of carbonyl (C=O) groups excluding carboxylic acids is 1. The summed E-state index contributed by atoms with van der Waals surface area (Å²) in [6.45, 7) is 1.32. The largest absolute Gasteiger partial charge is 0.497 e. The monoisotopic (exact) mass is 389 g/mol. The van der Waals surface area contributed by atoms with E-state index in [4.69, 9.17) is 14.6 Å². The number of nitrogens with zero attached hydrogens (tertiary/aromatic N) is 3. The minimum absolute atomic E-state index is 0.267. The van der Waals surface area contributed by atoms with Gasteiger partial charge < -0.3 is 24.4 Å². The number of rotatable bonds is 10. The lowest BCUT2D eigenvalue weighted by atomic mass is 10.2. The summed E-state index contributed by atoms with van der Waals surface area (Å²) in [5, 5.41) is 8.79. The normalized spacial score (nSPS) is 14.6. The minimum atomic E-state index is -0.899. The summed E-state index contributed by atoms with van der Waals surface area (Å²) < 4.78 is 10.4. The van der Waals surface area contributed by atoms with Crippen LogP contribution in [0.25, 0.3) is 0 Å². The standard InChI is InChI=1S/C20H27N3O5/c1-22(11-6-4-5-7-12-23(2)20(25)26)14-17-19(24)28-18(21-17)15-9-8-10-16(13-15)27-3/h8-10,13-14H,4-7,11-12H2,1-3H3,(H,25,26)/b17-14+. The average Bonchev–Trinajstić information content (AvgIpc) is 3.04. The van der Waals surface area contributed by atoms with E-state index in [1.807, 2.05) is 30.1 Å². The summed E-state index contributed by atoms with van der Waals surface area (Å²) in [4.78, 5) is 30.3. The third-order valence-electron chi connectivity index (χ3n) is 4.36. The van der Waals surface area contributed by atoms with Crippen LogP contribution in [-0.2, 0) is 9.53 Å². The van der Waals surface area contributed by atoms with E-state index >= 15 is 0 Å². The first-order valence-electron chi connectivity index (χ1n) is 9.22. The number of amides is 1. The summed E-state index contributed by atoms with van der Waals surface area (Å²) >= 11 is 0. The molecule has 1 aromatic rings. The number of methoxy groups -OCH3 is 1. The third-order valence-corrected chi connectivity index (χ3v) is 4.36. The van der Waals surface area contributed by atoms with Crippen molar-refractivity contribution in [3.63, 3.8) is 0 Å². The molecule has 2 rings (SSSR count). The Morgan fingerprint density at radius 2 is 1.93 bits per heavy atom. The molecule has 0 spiro atoms. The van der Waals surface area contributed by atoms with Crippen LogP contribution in [-0.4, -0.2) is 67.2 Å². The highest BCUT2D eigenvalue weighted by molar-refractivity contribution is 6.11. The number of carbonyl (C=O) groups is 2. The fourth-order valence-electron chi connectivity index (χ4n) is 2.71. The second-order valence-electron chi connectivity index (χ2n) is 6.65. The van der Waals surface area contributed by atoms with Gasteiger partial charge in [-0.1, -0.05) is 18.9 Å². The average molecular weight is 389 g/mol. The van der Waals surface area contributed by atoms with E-state index in [0.717, 1.165) is 32.2 Å². The predicted octanol–water partition coefficient (Wildman–Crippen LogP) is 2.94. The lowest BCUT2D eigenvalue weighted by molar-refractivity contribution is -0.130. The topological polar surface area (TPSA) is 91.7 Å². The molecule has 1 aliphatic heterocycles. The highest BCUT2D eigenvalue weighted by Crippen LogP contribution is 2.20. The molecule has 1 heterocycles. The Balaban J connectivity index is 1.81. The smallest absolute Gasteiger partial charge is 0.407 e. The van der Waals surface area contributed by atoms with E-state index in [0.29, 0.717) is 17.9 Å². The first-order valence-corrected chi connectivity index (χ1v) is 9.22. The molecule has 28 heavy (non-hydrogen) atoms. The molecule has 0 aromatic heterocycles. The molecule has 0 radical (unpaired) electrons. The van der Waals surface area contributed by atoms with E-state index in [9.17, 15) is 9.59 Å². The van der Waals surface area contributed by atoms with Crippen LogP contribution in [0.5, 0.6) is 5.75 Å². The maximum Gasteiger partial charge on any atom is 0.407 e. The molecular formula is C20H27N3O5. The van der Waals surface area contributed by atoms with Gasteiger partial charge in [-0.25, -0.2) is 14.6 Å². The number of aliphatic imine (C=N–C) groups is 1. The van der Waals surface area contributed by atoms with Crippen molar-refractivity contribution in [2.24, 2.45) is 4.99 Å². The highest BCUT2D eigenvalue weighted by atomic mass is 16.6. The second-order valence-corrected chi connectivity index (χ2v) is 6.65. The molecule has 8 nitrogen and oxygen atoms in total. The number of ether oxygens (including phenoxy) is 2. The Morgan fingerprint density at radius 1 is 1.21 bits per heavy atom. The van der Waals surface area contributed by atoms with Crippen molar-refractivity contribution < 1.29 is 24.2 Å². The van der Waals surface area contributed by atoms with Crippen LogP contribution in [0.3, 0.4) is 0 Å². The van der Waals surface area contributed by atoms with Gasteiger partial charge in [0.1, 0.15) is 5.75 Å². The summed E-state index contributed by atoms with van der Waals surface area (Å²) in [5.74, 6) is 0.466. The van der Waals surface area contributed by atoms with Crippen LogP contribution >= 0.6 is 0 Å². The van der Waals surface area contributed by atoms with Crippen LogP contribution in [0.4, 0.5) is 4.79 Å². The van der Waals surface area contributed by atoms with Gasteiger partial charge in [0.15, 0.2) is 5.70 Å². The molecule has 0 saturated heterocycles. The van der Waals surface area contributed by atoms with Crippen molar-refractivity contribution in [3.8, 4) is 5.75 Å². The highest BCUT2D eigenvalue weighted by Gasteiger charge is 2.24. The van der Waals surface area contributed by atoms with Gasteiger partial charge in [0, 0.05) is 38.9 Å². The van der Waals surface area contributed by atoms with Crippen molar-refractivity contribution in [1.29, 1.82) is 0 Å². The zero-order chi connectivity index (χ0) is 20.5. The van der Waals surface area contributed by atoms with Crippen LogP contribution in [0, 0.1) is 0 Å². The Labute approximate surface area is 165 Å². The van der Waals surface area contributed by atoms with Crippen molar-refractivity contribution in [2.45, 2.75) is 25.7 Å². The molecule has 0 fully saturated rings. The molecule has 0 unspecified atom stereocenters. The SMILES string of the molecule is COc1cccc(C2=N/C(=C/N(C)CCCCCCN(C)C(=O)O)C(=O)O2)c1. The van der Waals surface area contributed by atoms with E-state index in [1.54, 1.807) is 26.4 Å². The van der Waals surface area contributed by atoms with Crippen molar-refractivity contribution in [3.05, 3.63) is 41.7 Å². The molecule has 1 aliphatic rings. The van der Waals surface area contributed by atoms with Crippen molar-refractivity contribution >= 4 is 18.0 Å². The molecule has 1 aromatic carbocycles. The van der Waals surface area contributed by atoms with Gasteiger partial charge >= 0.3 is 12.1 Å². The molecule has 8 heteroatoms. The van der Waals surface area contributed by atoms with E-state index in [2.05, 4.69) is 4.99 Å². The Kier molecular flexibility index (Phi) is 7.86. The van der Waals surface area contributed by atoms with E-state index in [-0.39, 0.29) is 11.6 Å². The van der Waals surface area contributed by atoms with Crippen molar-refractivity contribution in [1.82, 2.24) is 9.80 Å². The van der Waals surface area contributed by atoms with Gasteiger partial charge in [0.25, 0.3) is 0 Å². The van der Waals surface area contributed by atoms with E-state index in [1.165, 1.54) is 4.90 Å². The van der Waals surface area contributed by atoms with Gasteiger partial charge in [-0.3, -0.25) is 0 Å². The Bertz CT molecular complexity index is 760. The number of cyclic esters (lactones) is 1. The summed E-state index contributed by atoms with van der Waals surface area (Å²) in [5.41, 5.74) is 0.952. The lowest BCUT2D eigenvalue weighted by Crippen LogP contribution is -2.25. The van der Waals surface area contributed by atoms with Crippen LogP contribution in [0.2, 0.25) is 0 Å². The van der Waals surface area contributed by atoms with Gasteiger partial charge in [0.05, 0.1) is 7.11 Å². The van der Waals surface area contributed by atoms with Crippen LogP contribution < -0.4 is 4.74 Å². The quantitative estimate of drug-likeness (QED) is 0.376. The Hall–Kier alpha value is -3.03. The number of hydrogen-bond donors (Lipinski definition) is 1. The first-order chi connectivity index (χ1) is 13.4. The van der Waals surface area contributed by atoms with Gasteiger partial charge in [-0.2, -0.15) is 0 Å². The zero-order valence-electron chi connectivity index (χ0n) is 16.6. The van der Waals surface area contributed by atoms with Crippen molar-refractivity contribution in [2.75, 3.05) is 34.3 Å². The predicted molar refractivity (Wildman–Crippen MR) is 105 cm³/mol. The second kappa shape index (κ2) is 10.3. The first kappa shape index (κ1) is 21.3. The fourth-order valence-corrected chi connectivity index (χ4v) is 2.71. The molecule has 0 saturated carbocycles. The maximum absolute atomic E-state index is 12.1. The number of unbranched alkanes of at least 4 members (excludes halogenated alkanes) is 3. The summed E-state index contributed by atoms with van der Waals surface area (Å²) in [7, 11) is 5.03. The number of benzene rings is 1. The summed E-state index contributed by atoms with van der Waals surface area (Å²) in [6.07, 6.45) is 4.52. The van der Waals surface area contributed by atoms with Crippen LogP contribution in [0.15, 0.2) is 41.2 Å². The van der Waals surface area contributed by atoms with Gasteiger partial charge in [-0.15, -0.1) is 0 Å². The molecular weight excluding hydrogens is 362 g/mol. The molecule has 1 N–H and O–H groups in total. The number of carboxylic acid groups (broad SMARTS) is 1. The minimum Gasteiger partial charge on any atom is -0.497 e. The molecule has 0 bridgehead atoms. The number of hydrogen-bond acceptors (Lipinski definition) is 6. The van der Waals surface area contributed by atoms with E-state index < -0.39 is 12.1 Å². The molecule has 1 amide bonds. The Morgan fingerprint density at radius 3 is 2.61 bits per heavy atom.